The van der Waals surface area contributed by atoms with Crippen molar-refractivity contribution < 1.29 is 35.5 Å². The fourth-order valence-corrected chi connectivity index (χ4v) is 6.05. The maximum absolute atomic E-state index is 13.3. The monoisotopic (exact) mass is 610 g/mol. The number of fused-ring (bicyclic) bond motifs is 1. The topological polar surface area (TPSA) is 9.23 Å². The van der Waals surface area contributed by atoms with Gasteiger partial charge in [0.05, 0.1) is 6.61 Å². The molecule has 0 bridgehead atoms. The van der Waals surface area contributed by atoms with Crippen LogP contribution in [0.1, 0.15) is 60.8 Å². The third-order valence-electron chi connectivity index (χ3n) is 7.30. The fourth-order valence-electron chi connectivity index (χ4n) is 5.04. The molecule has 0 heterocycles. The first kappa shape index (κ1) is 32.0. The van der Waals surface area contributed by atoms with E-state index < -0.39 is 30.2 Å². The lowest BCUT2D eigenvalue weighted by atomic mass is 9.88. The minimum absolute atomic E-state index is 0.392. The van der Waals surface area contributed by atoms with Gasteiger partial charge in [0.2, 0.25) is 0 Å². The predicted octanol–water partition coefficient (Wildman–Crippen LogP) is 10.5. The van der Waals surface area contributed by atoms with E-state index in [4.69, 9.17) is 4.74 Å². The van der Waals surface area contributed by atoms with Crippen LogP contribution in [0.25, 0.3) is 11.1 Å². The van der Waals surface area contributed by atoms with Crippen molar-refractivity contribution in [2.45, 2.75) is 63.0 Å². The van der Waals surface area contributed by atoms with Crippen LogP contribution in [0.15, 0.2) is 78.9 Å². The van der Waals surface area contributed by atoms with Crippen molar-refractivity contribution >= 4 is 22.9 Å². The Labute approximate surface area is 246 Å². The molecule has 0 aromatic heterocycles. The smallest absolute Gasteiger partial charge is 0.459 e. The second-order valence-electron chi connectivity index (χ2n) is 10.3. The summed E-state index contributed by atoms with van der Waals surface area (Å²) in [6.45, 7) is 0.445. The van der Waals surface area contributed by atoms with Crippen molar-refractivity contribution in [3.05, 3.63) is 101 Å². The number of alkyl halides is 7. The normalized spacial score (nSPS) is 14.5. The molecule has 4 rings (SSSR count). The number of ether oxygens (including phenoxy) is 1. The molecule has 0 atom stereocenters. The molecule has 0 saturated carbocycles. The molecule has 0 N–H and O–H groups in total. The van der Waals surface area contributed by atoms with Crippen molar-refractivity contribution in [3.63, 3.8) is 0 Å². The maximum Gasteiger partial charge on any atom is 0.459 e. The van der Waals surface area contributed by atoms with E-state index in [0.29, 0.717) is 31.6 Å². The number of thioether (sulfide) groups is 1. The van der Waals surface area contributed by atoms with Crippen LogP contribution in [-0.4, -0.2) is 36.1 Å². The first-order valence-electron chi connectivity index (χ1n) is 14.0. The van der Waals surface area contributed by atoms with Crippen molar-refractivity contribution in [3.8, 4) is 5.75 Å². The van der Waals surface area contributed by atoms with Gasteiger partial charge in [-0.25, -0.2) is 0 Å². The average molecular weight is 611 g/mol. The molecule has 0 fully saturated rings. The van der Waals surface area contributed by atoms with Crippen molar-refractivity contribution in [1.29, 1.82) is 0 Å². The number of rotatable bonds is 13. The van der Waals surface area contributed by atoms with Crippen LogP contribution < -0.4 is 4.74 Å². The molecule has 0 saturated heterocycles. The van der Waals surface area contributed by atoms with E-state index in [2.05, 4.69) is 60.7 Å². The number of unbranched alkanes of at least 4 members (excludes halogenated alkanes) is 2. The van der Waals surface area contributed by atoms with Gasteiger partial charge in [-0.2, -0.15) is 42.5 Å². The van der Waals surface area contributed by atoms with E-state index in [1.54, 1.807) is 0 Å². The molecule has 1 aliphatic rings. The lowest BCUT2D eigenvalue weighted by molar-refractivity contribution is -0.354. The number of benzene rings is 3. The summed E-state index contributed by atoms with van der Waals surface area (Å²) < 4.78 is 95.1. The number of halogens is 7. The molecule has 0 radical (unpaired) electrons. The van der Waals surface area contributed by atoms with Crippen molar-refractivity contribution in [2.24, 2.45) is 0 Å². The highest BCUT2D eigenvalue weighted by molar-refractivity contribution is 7.99. The van der Waals surface area contributed by atoms with Gasteiger partial charge in [0.1, 0.15) is 5.75 Å². The van der Waals surface area contributed by atoms with Gasteiger partial charge in [0, 0.05) is 6.42 Å². The Balaban J connectivity index is 1.27. The van der Waals surface area contributed by atoms with Gasteiger partial charge >= 0.3 is 18.0 Å². The van der Waals surface area contributed by atoms with E-state index in [1.165, 1.54) is 27.8 Å². The molecule has 226 valence electrons. The van der Waals surface area contributed by atoms with Crippen LogP contribution in [0.4, 0.5) is 30.7 Å². The number of hydrogen-bond donors (Lipinski definition) is 0. The van der Waals surface area contributed by atoms with E-state index in [-0.39, 0.29) is 0 Å². The minimum Gasteiger partial charge on any atom is -0.494 e. The van der Waals surface area contributed by atoms with Crippen LogP contribution in [-0.2, 0) is 6.42 Å². The summed E-state index contributed by atoms with van der Waals surface area (Å²) >= 11 is 0.946. The lowest BCUT2D eigenvalue weighted by Gasteiger charge is -2.28. The Kier molecular flexibility index (Phi) is 10.7. The van der Waals surface area contributed by atoms with Gasteiger partial charge in [0.15, 0.2) is 0 Å². The Bertz CT molecular complexity index is 1320. The van der Waals surface area contributed by atoms with Gasteiger partial charge in [-0.05, 0) is 95.6 Å². The average Bonchev–Trinajstić information content (AvgIpc) is 3.16. The van der Waals surface area contributed by atoms with Gasteiger partial charge in [-0.3, -0.25) is 0 Å². The zero-order valence-electron chi connectivity index (χ0n) is 23.0. The SMILES string of the molecule is FC(F)(F)C(F)(F)C(F)(F)CCSCCCCCOc1ccc(C2=C(c3ccccc3)CCCc3ccccc32)cc1. The molecule has 3 aromatic rings. The molecule has 0 unspecified atom stereocenters. The summed E-state index contributed by atoms with van der Waals surface area (Å²) in [5, 5.41) is 0. The molecular formula is C33H33F7OS. The number of hydrogen-bond acceptors (Lipinski definition) is 2. The Morgan fingerprint density at radius 2 is 1.36 bits per heavy atom. The third kappa shape index (κ3) is 7.71. The summed E-state index contributed by atoms with van der Waals surface area (Å²) in [6, 6.07) is 27.0. The Morgan fingerprint density at radius 1 is 0.667 bits per heavy atom. The fraction of sp³-hybridized carbons (Fsp3) is 0.394. The quantitative estimate of drug-likeness (QED) is 0.141. The molecule has 1 nitrogen and oxygen atoms in total. The summed E-state index contributed by atoms with van der Waals surface area (Å²) in [7, 11) is 0. The third-order valence-corrected chi connectivity index (χ3v) is 8.37. The van der Waals surface area contributed by atoms with Gasteiger partial charge < -0.3 is 4.74 Å². The summed E-state index contributed by atoms with van der Waals surface area (Å²) in [6.07, 6.45) is -2.70. The highest BCUT2D eigenvalue weighted by Gasteiger charge is 2.72. The first-order chi connectivity index (χ1) is 20.0. The van der Waals surface area contributed by atoms with Gasteiger partial charge in [-0.1, -0.05) is 66.7 Å². The largest absolute Gasteiger partial charge is 0.494 e. The molecule has 0 aliphatic heterocycles. The van der Waals surface area contributed by atoms with Crippen LogP contribution in [0.2, 0.25) is 0 Å². The standard InChI is InChI=1S/C33H33F7OS/c34-31(35,32(36,37)33(38,39)40)20-23-42-22-8-2-7-21-41-27-18-16-26(17-19-27)30-28-14-6-5-12-25(28)13-9-15-29(30)24-10-3-1-4-11-24/h1,3-6,10-12,14,16-19H,2,7-9,13,15,20-23H2. The predicted molar refractivity (Wildman–Crippen MR) is 155 cm³/mol. The maximum atomic E-state index is 13.3. The van der Waals surface area contributed by atoms with Crippen LogP contribution in [0.3, 0.4) is 0 Å². The second-order valence-corrected chi connectivity index (χ2v) is 11.5. The van der Waals surface area contributed by atoms with E-state index in [0.717, 1.165) is 42.3 Å². The van der Waals surface area contributed by atoms with Gasteiger partial charge in [-0.15, -0.1) is 0 Å². The van der Waals surface area contributed by atoms with Crippen molar-refractivity contribution in [2.75, 3.05) is 18.1 Å². The molecule has 0 amide bonds. The lowest BCUT2D eigenvalue weighted by Crippen LogP contribution is -2.52. The highest BCUT2D eigenvalue weighted by Crippen LogP contribution is 2.48. The zero-order chi connectivity index (χ0) is 30.2. The molecule has 42 heavy (non-hydrogen) atoms. The van der Waals surface area contributed by atoms with Crippen molar-refractivity contribution in [1.82, 2.24) is 0 Å². The van der Waals surface area contributed by atoms with Crippen LogP contribution in [0.5, 0.6) is 5.75 Å². The summed E-state index contributed by atoms with van der Waals surface area (Å²) in [4.78, 5) is 0. The minimum atomic E-state index is -6.27. The summed E-state index contributed by atoms with van der Waals surface area (Å²) in [5.41, 5.74) is 7.48. The molecule has 3 aromatic carbocycles. The van der Waals surface area contributed by atoms with E-state index in [1.807, 2.05) is 18.2 Å². The Morgan fingerprint density at radius 3 is 2.07 bits per heavy atom. The van der Waals surface area contributed by atoms with Crippen LogP contribution >= 0.6 is 11.8 Å². The molecule has 9 heteroatoms. The number of aryl methyl sites for hydroxylation is 1. The first-order valence-corrected chi connectivity index (χ1v) is 15.2. The van der Waals surface area contributed by atoms with Crippen LogP contribution in [0, 0.1) is 0 Å². The number of allylic oxidation sites excluding steroid dienone is 1. The van der Waals surface area contributed by atoms with E-state index >= 15 is 0 Å². The molecular weight excluding hydrogens is 577 g/mol. The summed E-state index contributed by atoms with van der Waals surface area (Å²) in [5.74, 6) is -10.5. The molecule has 1 aliphatic carbocycles. The highest BCUT2D eigenvalue weighted by atomic mass is 32.2. The van der Waals surface area contributed by atoms with Gasteiger partial charge in [0.25, 0.3) is 0 Å². The Hall–Kier alpha value is -2.94. The molecule has 0 spiro atoms. The second kappa shape index (κ2) is 14.0. The van der Waals surface area contributed by atoms with E-state index in [9.17, 15) is 30.7 Å². The zero-order valence-corrected chi connectivity index (χ0v) is 23.9.